The summed E-state index contributed by atoms with van der Waals surface area (Å²) in [5.74, 6) is 0. The van der Waals surface area contributed by atoms with Gasteiger partial charge in [-0.05, 0) is 19.4 Å². The first kappa shape index (κ1) is 15.7. The van der Waals surface area contributed by atoms with Gasteiger partial charge in [0.2, 0.25) is 0 Å². The Labute approximate surface area is 127 Å². The topological polar surface area (TPSA) is 31.4 Å². The zero-order valence-electron chi connectivity index (χ0n) is 13.2. The summed E-state index contributed by atoms with van der Waals surface area (Å²) in [6.45, 7) is 11.1. The van der Waals surface area contributed by atoms with Gasteiger partial charge in [0.1, 0.15) is 0 Å². The smallest absolute Gasteiger partial charge is 0.185 e. The largest absolute Gasteiger partial charge is 0.348 e. The molecule has 0 spiro atoms. The molecule has 114 valence electrons. The Morgan fingerprint density at radius 3 is 2.75 bits per heavy atom. The maximum Gasteiger partial charge on any atom is 0.185 e. The molecule has 1 saturated heterocycles. The maximum atomic E-state index is 4.76. The van der Waals surface area contributed by atoms with Crippen molar-refractivity contribution in [1.29, 1.82) is 0 Å². The van der Waals surface area contributed by atoms with Gasteiger partial charge in [-0.3, -0.25) is 0 Å². The molecule has 1 fully saturated rings. The minimum absolute atomic E-state index is 0.510. The summed E-state index contributed by atoms with van der Waals surface area (Å²) in [7, 11) is 2.20. The number of thiazole rings is 1. The molecule has 5 heteroatoms. The standard InChI is InChI=1S/C15H28N4S/c1-5-19-8-6-14(7-9-19)18(4)15-17-13(11-20-15)10-16-12(2)3/h11-12,14,16H,5-10H2,1-4H3. The lowest BCUT2D eigenvalue weighted by Crippen LogP contribution is -2.43. The van der Waals surface area contributed by atoms with Crippen LogP contribution in [-0.4, -0.2) is 48.6 Å². The molecular weight excluding hydrogens is 268 g/mol. The van der Waals surface area contributed by atoms with E-state index in [9.17, 15) is 0 Å². The Morgan fingerprint density at radius 2 is 2.15 bits per heavy atom. The second-order valence-electron chi connectivity index (χ2n) is 5.93. The van der Waals surface area contributed by atoms with Crippen molar-refractivity contribution >= 4 is 16.5 Å². The highest BCUT2D eigenvalue weighted by molar-refractivity contribution is 7.13. The summed E-state index contributed by atoms with van der Waals surface area (Å²) < 4.78 is 0. The van der Waals surface area contributed by atoms with Gasteiger partial charge in [0.25, 0.3) is 0 Å². The van der Waals surface area contributed by atoms with E-state index in [2.05, 4.69) is 48.3 Å². The molecule has 0 amide bonds. The summed E-state index contributed by atoms with van der Waals surface area (Å²) in [4.78, 5) is 9.68. The van der Waals surface area contributed by atoms with Crippen LogP contribution in [0.3, 0.4) is 0 Å². The van der Waals surface area contributed by atoms with Gasteiger partial charge in [-0.15, -0.1) is 11.3 Å². The Morgan fingerprint density at radius 1 is 1.45 bits per heavy atom. The molecule has 4 nitrogen and oxygen atoms in total. The van der Waals surface area contributed by atoms with Crippen molar-refractivity contribution in [2.24, 2.45) is 0 Å². The second-order valence-corrected chi connectivity index (χ2v) is 6.77. The Kier molecular flexibility index (Phi) is 5.81. The van der Waals surface area contributed by atoms with E-state index in [0.717, 1.165) is 12.2 Å². The van der Waals surface area contributed by atoms with Gasteiger partial charge < -0.3 is 15.1 Å². The highest BCUT2D eigenvalue weighted by atomic mass is 32.1. The molecule has 0 unspecified atom stereocenters. The number of piperidine rings is 1. The molecule has 0 aliphatic carbocycles. The van der Waals surface area contributed by atoms with Crippen molar-refractivity contribution in [2.45, 2.75) is 52.2 Å². The molecule has 0 saturated carbocycles. The Balaban J connectivity index is 1.87. The summed E-state index contributed by atoms with van der Waals surface area (Å²) in [6.07, 6.45) is 2.51. The van der Waals surface area contributed by atoms with E-state index in [1.54, 1.807) is 11.3 Å². The molecule has 0 bridgehead atoms. The third-order valence-corrected chi connectivity index (χ3v) is 5.06. The summed E-state index contributed by atoms with van der Waals surface area (Å²) >= 11 is 1.77. The van der Waals surface area contributed by atoms with Crippen molar-refractivity contribution in [3.63, 3.8) is 0 Å². The van der Waals surface area contributed by atoms with E-state index in [-0.39, 0.29) is 0 Å². The van der Waals surface area contributed by atoms with Crippen LogP contribution in [-0.2, 0) is 6.54 Å². The number of anilines is 1. The van der Waals surface area contributed by atoms with Gasteiger partial charge in [0.15, 0.2) is 5.13 Å². The third kappa shape index (κ3) is 4.17. The van der Waals surface area contributed by atoms with Crippen LogP contribution in [0.15, 0.2) is 5.38 Å². The van der Waals surface area contributed by atoms with Crippen LogP contribution in [0.4, 0.5) is 5.13 Å². The van der Waals surface area contributed by atoms with Gasteiger partial charge in [0, 0.05) is 44.1 Å². The lowest BCUT2D eigenvalue weighted by molar-refractivity contribution is 0.221. The van der Waals surface area contributed by atoms with E-state index >= 15 is 0 Å². The second kappa shape index (κ2) is 7.38. The predicted molar refractivity (Wildman–Crippen MR) is 87.6 cm³/mol. The molecule has 1 aromatic rings. The van der Waals surface area contributed by atoms with E-state index in [1.807, 2.05) is 0 Å². The first-order valence-electron chi connectivity index (χ1n) is 7.73. The minimum Gasteiger partial charge on any atom is -0.348 e. The van der Waals surface area contributed by atoms with Gasteiger partial charge in [0.05, 0.1) is 5.69 Å². The molecule has 20 heavy (non-hydrogen) atoms. The number of aromatic nitrogens is 1. The van der Waals surface area contributed by atoms with Gasteiger partial charge in [-0.2, -0.15) is 0 Å². The van der Waals surface area contributed by atoms with Crippen LogP contribution in [0, 0.1) is 0 Å². The lowest BCUT2D eigenvalue weighted by Gasteiger charge is -2.36. The number of hydrogen-bond acceptors (Lipinski definition) is 5. The fourth-order valence-corrected chi connectivity index (χ4v) is 3.49. The zero-order valence-corrected chi connectivity index (χ0v) is 14.0. The van der Waals surface area contributed by atoms with Crippen LogP contribution in [0.1, 0.15) is 39.3 Å². The fraction of sp³-hybridized carbons (Fsp3) is 0.800. The number of nitrogens with zero attached hydrogens (tertiary/aromatic N) is 3. The number of hydrogen-bond donors (Lipinski definition) is 1. The van der Waals surface area contributed by atoms with Crippen LogP contribution >= 0.6 is 11.3 Å². The first-order chi connectivity index (χ1) is 9.60. The highest BCUT2D eigenvalue weighted by Crippen LogP contribution is 2.25. The number of likely N-dealkylation sites (tertiary alicyclic amines) is 1. The Hall–Kier alpha value is -0.650. The van der Waals surface area contributed by atoms with Crippen molar-refractivity contribution in [3.05, 3.63) is 11.1 Å². The molecule has 2 heterocycles. The molecule has 2 rings (SSSR count). The quantitative estimate of drug-likeness (QED) is 0.874. The highest BCUT2D eigenvalue weighted by Gasteiger charge is 2.23. The van der Waals surface area contributed by atoms with E-state index in [0.29, 0.717) is 12.1 Å². The minimum atomic E-state index is 0.510. The molecule has 0 aromatic carbocycles. The number of nitrogens with one attached hydrogen (secondary N) is 1. The van der Waals surface area contributed by atoms with Crippen molar-refractivity contribution in [2.75, 3.05) is 31.6 Å². The average molecular weight is 296 g/mol. The fourth-order valence-electron chi connectivity index (χ4n) is 2.63. The summed E-state index contributed by atoms with van der Waals surface area (Å²) in [5, 5.41) is 6.78. The van der Waals surface area contributed by atoms with Crippen LogP contribution in [0.25, 0.3) is 0 Å². The predicted octanol–water partition coefficient (Wildman–Crippen LogP) is 2.56. The SMILES string of the molecule is CCN1CCC(N(C)c2nc(CNC(C)C)cs2)CC1. The van der Waals surface area contributed by atoms with Crippen LogP contribution in [0.2, 0.25) is 0 Å². The summed E-state index contributed by atoms with van der Waals surface area (Å²) in [5.41, 5.74) is 1.16. The van der Waals surface area contributed by atoms with Crippen molar-refractivity contribution in [3.8, 4) is 0 Å². The Bertz CT molecular complexity index is 396. The number of rotatable bonds is 6. The van der Waals surface area contributed by atoms with Gasteiger partial charge >= 0.3 is 0 Å². The average Bonchev–Trinajstić information content (AvgIpc) is 2.93. The molecule has 1 aliphatic heterocycles. The normalized spacial score (nSPS) is 17.9. The van der Waals surface area contributed by atoms with Gasteiger partial charge in [-0.1, -0.05) is 20.8 Å². The molecule has 0 atom stereocenters. The lowest BCUT2D eigenvalue weighted by atomic mass is 10.0. The van der Waals surface area contributed by atoms with Crippen LogP contribution < -0.4 is 10.2 Å². The van der Waals surface area contributed by atoms with E-state index < -0.39 is 0 Å². The molecule has 1 aromatic heterocycles. The van der Waals surface area contributed by atoms with E-state index in [1.165, 1.54) is 37.6 Å². The monoisotopic (exact) mass is 296 g/mol. The van der Waals surface area contributed by atoms with E-state index in [4.69, 9.17) is 4.98 Å². The molecular formula is C15H28N4S. The van der Waals surface area contributed by atoms with Crippen molar-refractivity contribution in [1.82, 2.24) is 15.2 Å². The zero-order chi connectivity index (χ0) is 14.5. The van der Waals surface area contributed by atoms with Crippen molar-refractivity contribution < 1.29 is 0 Å². The van der Waals surface area contributed by atoms with Crippen LogP contribution in [0.5, 0.6) is 0 Å². The molecule has 0 radical (unpaired) electrons. The first-order valence-corrected chi connectivity index (χ1v) is 8.61. The summed E-state index contributed by atoms with van der Waals surface area (Å²) in [6, 6.07) is 1.16. The van der Waals surface area contributed by atoms with Gasteiger partial charge in [-0.25, -0.2) is 4.98 Å². The molecule has 1 N–H and O–H groups in total. The third-order valence-electron chi connectivity index (χ3n) is 4.08. The molecule has 1 aliphatic rings. The maximum absolute atomic E-state index is 4.76.